The van der Waals surface area contributed by atoms with E-state index < -0.39 is 5.82 Å². The Bertz CT molecular complexity index is 320. The first kappa shape index (κ1) is 13.3. The number of unbranched alkanes of at least 4 members (excludes halogenated alkanes) is 3. The minimum absolute atomic E-state index is 0.0413. The first-order chi connectivity index (χ1) is 7.74. The highest BCUT2D eigenvalue weighted by atomic mass is 79.9. The topological polar surface area (TPSA) is 32.3 Å². The van der Waals surface area contributed by atoms with Gasteiger partial charge in [-0.3, -0.25) is 0 Å². The molecule has 90 valence electrons. The van der Waals surface area contributed by atoms with Crippen LogP contribution < -0.4 is 5.32 Å². The highest BCUT2D eigenvalue weighted by Crippen LogP contribution is 2.19. The number of rotatable bonds is 7. The van der Waals surface area contributed by atoms with Crippen molar-refractivity contribution >= 4 is 21.6 Å². The van der Waals surface area contributed by atoms with Crippen molar-refractivity contribution in [1.82, 2.24) is 0 Å². The number of anilines is 1. The van der Waals surface area contributed by atoms with Crippen LogP contribution in [0.15, 0.2) is 18.2 Å². The van der Waals surface area contributed by atoms with Gasteiger partial charge in [0.2, 0.25) is 0 Å². The van der Waals surface area contributed by atoms with Gasteiger partial charge in [0.25, 0.3) is 0 Å². The maximum absolute atomic E-state index is 13.3. The molecular formula is C12H17BrFNO. The van der Waals surface area contributed by atoms with Crippen LogP contribution in [0.4, 0.5) is 10.1 Å². The van der Waals surface area contributed by atoms with Crippen molar-refractivity contribution in [2.75, 3.05) is 17.2 Å². The highest BCUT2D eigenvalue weighted by Gasteiger charge is 2.01. The summed E-state index contributed by atoms with van der Waals surface area (Å²) < 4.78 is 13.3. The summed E-state index contributed by atoms with van der Waals surface area (Å²) in [4.78, 5) is 0. The second-order valence-electron chi connectivity index (χ2n) is 3.69. The Kier molecular flexibility index (Phi) is 6.23. The molecule has 0 aliphatic heterocycles. The number of phenolic OH excluding ortho intramolecular Hbond substituents is 1. The van der Waals surface area contributed by atoms with E-state index in [0.717, 1.165) is 30.8 Å². The van der Waals surface area contributed by atoms with Crippen LogP contribution in [-0.2, 0) is 0 Å². The van der Waals surface area contributed by atoms with E-state index in [2.05, 4.69) is 21.2 Å². The molecule has 0 bridgehead atoms. The number of halogens is 2. The van der Waals surface area contributed by atoms with Crippen molar-refractivity contribution in [2.45, 2.75) is 25.7 Å². The molecular weight excluding hydrogens is 273 g/mol. The van der Waals surface area contributed by atoms with E-state index >= 15 is 0 Å². The molecule has 2 nitrogen and oxygen atoms in total. The van der Waals surface area contributed by atoms with Crippen molar-refractivity contribution in [1.29, 1.82) is 0 Å². The molecule has 1 rings (SSSR count). The van der Waals surface area contributed by atoms with Gasteiger partial charge in [-0.2, -0.15) is 0 Å². The van der Waals surface area contributed by atoms with Gasteiger partial charge in [0, 0.05) is 17.9 Å². The molecule has 1 aromatic carbocycles. The molecule has 0 unspecified atom stereocenters. The zero-order valence-corrected chi connectivity index (χ0v) is 10.8. The van der Waals surface area contributed by atoms with Crippen LogP contribution in [0.2, 0.25) is 0 Å². The van der Waals surface area contributed by atoms with E-state index in [1.807, 2.05) is 0 Å². The number of nitrogens with one attached hydrogen (secondary N) is 1. The Morgan fingerprint density at radius 3 is 2.62 bits per heavy atom. The van der Waals surface area contributed by atoms with Gasteiger partial charge in [-0.1, -0.05) is 28.8 Å². The third-order valence-corrected chi connectivity index (χ3v) is 2.89. The lowest BCUT2D eigenvalue weighted by molar-refractivity contribution is 0.469. The zero-order chi connectivity index (χ0) is 11.8. The highest BCUT2D eigenvalue weighted by molar-refractivity contribution is 9.09. The van der Waals surface area contributed by atoms with Crippen molar-refractivity contribution in [3.63, 3.8) is 0 Å². The van der Waals surface area contributed by atoms with Crippen molar-refractivity contribution in [3.05, 3.63) is 24.0 Å². The summed E-state index contributed by atoms with van der Waals surface area (Å²) in [6.07, 6.45) is 4.57. The zero-order valence-electron chi connectivity index (χ0n) is 9.18. The molecule has 2 N–H and O–H groups in total. The van der Waals surface area contributed by atoms with Gasteiger partial charge in [0.05, 0.1) is 5.69 Å². The first-order valence-electron chi connectivity index (χ1n) is 5.52. The van der Waals surface area contributed by atoms with E-state index in [1.165, 1.54) is 18.9 Å². The van der Waals surface area contributed by atoms with Gasteiger partial charge < -0.3 is 10.4 Å². The van der Waals surface area contributed by atoms with Crippen molar-refractivity contribution < 1.29 is 9.50 Å². The quantitative estimate of drug-likeness (QED) is 0.453. The fourth-order valence-electron chi connectivity index (χ4n) is 1.44. The summed E-state index contributed by atoms with van der Waals surface area (Å²) in [6.45, 7) is 0.768. The smallest absolute Gasteiger partial charge is 0.149 e. The number of benzene rings is 1. The minimum atomic E-state index is -0.402. The SMILES string of the molecule is Oc1ccc(NCCCCCCBr)c(F)c1. The number of hydrogen-bond acceptors (Lipinski definition) is 2. The first-order valence-corrected chi connectivity index (χ1v) is 6.64. The minimum Gasteiger partial charge on any atom is -0.508 e. The van der Waals surface area contributed by atoms with E-state index in [1.54, 1.807) is 6.07 Å². The molecule has 0 fully saturated rings. The monoisotopic (exact) mass is 289 g/mol. The third kappa shape index (κ3) is 4.84. The fraction of sp³-hybridized carbons (Fsp3) is 0.500. The molecule has 0 aromatic heterocycles. The predicted octanol–water partition coefficient (Wildman–Crippen LogP) is 3.90. The van der Waals surface area contributed by atoms with Gasteiger partial charge in [-0.15, -0.1) is 0 Å². The summed E-state index contributed by atoms with van der Waals surface area (Å²) in [5.74, 6) is -0.444. The van der Waals surface area contributed by atoms with Crippen LogP contribution in [0.3, 0.4) is 0 Å². The van der Waals surface area contributed by atoms with Gasteiger partial charge in [-0.25, -0.2) is 4.39 Å². The largest absolute Gasteiger partial charge is 0.508 e. The van der Waals surface area contributed by atoms with Gasteiger partial charge in [-0.05, 0) is 25.0 Å². The summed E-state index contributed by atoms with van der Waals surface area (Å²) in [6, 6.07) is 4.16. The van der Waals surface area contributed by atoms with Crippen LogP contribution in [0.25, 0.3) is 0 Å². The molecule has 0 spiro atoms. The summed E-state index contributed by atoms with van der Waals surface area (Å²) in [7, 11) is 0. The van der Waals surface area contributed by atoms with Gasteiger partial charge in [0.1, 0.15) is 11.6 Å². The second kappa shape index (κ2) is 7.49. The number of aromatic hydroxyl groups is 1. The Hall–Kier alpha value is -0.770. The van der Waals surface area contributed by atoms with Crippen LogP contribution in [0.1, 0.15) is 25.7 Å². The van der Waals surface area contributed by atoms with Crippen LogP contribution >= 0.6 is 15.9 Å². The molecule has 4 heteroatoms. The molecule has 0 amide bonds. The number of alkyl halides is 1. The average Bonchev–Trinajstić information content (AvgIpc) is 2.26. The number of hydrogen-bond donors (Lipinski definition) is 2. The fourth-order valence-corrected chi connectivity index (χ4v) is 1.84. The molecule has 0 aliphatic carbocycles. The Labute approximate surface area is 104 Å². The Balaban J connectivity index is 2.21. The molecule has 0 radical (unpaired) electrons. The lowest BCUT2D eigenvalue weighted by atomic mass is 10.2. The van der Waals surface area contributed by atoms with Crippen molar-refractivity contribution in [3.8, 4) is 5.75 Å². The Morgan fingerprint density at radius 2 is 1.94 bits per heavy atom. The Morgan fingerprint density at radius 1 is 1.19 bits per heavy atom. The maximum Gasteiger partial charge on any atom is 0.149 e. The summed E-state index contributed by atoms with van der Waals surface area (Å²) >= 11 is 3.38. The van der Waals surface area contributed by atoms with Crippen LogP contribution in [0, 0.1) is 5.82 Å². The molecule has 16 heavy (non-hydrogen) atoms. The summed E-state index contributed by atoms with van der Waals surface area (Å²) in [5.41, 5.74) is 0.457. The summed E-state index contributed by atoms with van der Waals surface area (Å²) in [5, 5.41) is 13.1. The van der Waals surface area contributed by atoms with E-state index in [4.69, 9.17) is 5.11 Å². The maximum atomic E-state index is 13.3. The van der Waals surface area contributed by atoms with Gasteiger partial charge in [0.15, 0.2) is 0 Å². The molecule has 0 heterocycles. The lowest BCUT2D eigenvalue weighted by Crippen LogP contribution is -2.03. The van der Waals surface area contributed by atoms with Crippen LogP contribution in [0.5, 0.6) is 5.75 Å². The molecule has 0 atom stereocenters. The van der Waals surface area contributed by atoms with E-state index in [0.29, 0.717) is 5.69 Å². The predicted molar refractivity (Wildman–Crippen MR) is 68.8 cm³/mol. The van der Waals surface area contributed by atoms with E-state index in [9.17, 15) is 4.39 Å². The van der Waals surface area contributed by atoms with Gasteiger partial charge >= 0.3 is 0 Å². The molecule has 0 saturated carbocycles. The van der Waals surface area contributed by atoms with Crippen molar-refractivity contribution in [2.24, 2.45) is 0 Å². The standard InChI is InChI=1S/C12H17BrFNO/c13-7-3-1-2-4-8-15-12-6-5-10(16)9-11(12)14/h5-6,9,15-16H,1-4,7-8H2. The van der Waals surface area contributed by atoms with E-state index in [-0.39, 0.29) is 5.75 Å². The lowest BCUT2D eigenvalue weighted by Gasteiger charge is -2.07. The number of phenols is 1. The molecule has 0 aliphatic rings. The second-order valence-corrected chi connectivity index (χ2v) is 4.49. The van der Waals surface area contributed by atoms with Crippen LogP contribution in [-0.4, -0.2) is 17.0 Å². The third-order valence-electron chi connectivity index (χ3n) is 2.33. The average molecular weight is 290 g/mol. The molecule has 1 aromatic rings. The molecule has 0 saturated heterocycles. The normalized spacial score (nSPS) is 10.4.